The highest BCUT2D eigenvalue weighted by molar-refractivity contribution is 6.98. The van der Waals surface area contributed by atoms with E-state index in [9.17, 15) is 0 Å². The summed E-state index contributed by atoms with van der Waals surface area (Å²) >= 11 is 0. The van der Waals surface area contributed by atoms with Gasteiger partial charge in [-0.3, -0.25) is 0 Å². The third kappa shape index (κ3) is 3.44. The van der Waals surface area contributed by atoms with Crippen molar-refractivity contribution in [2.24, 2.45) is 0 Å². The largest absolute Gasteiger partial charge is 0.458 e. The minimum Gasteiger partial charge on any atom is -0.458 e. The minimum atomic E-state index is 0.0576. The van der Waals surface area contributed by atoms with Gasteiger partial charge in [0.15, 0.2) is 0 Å². The van der Waals surface area contributed by atoms with Crippen molar-refractivity contribution in [3.63, 3.8) is 0 Å². The summed E-state index contributed by atoms with van der Waals surface area (Å²) in [5.74, 6) is 3.62. The van der Waals surface area contributed by atoms with Gasteiger partial charge in [-0.1, -0.05) is 84.4 Å². The molecule has 3 nitrogen and oxygen atoms in total. The molecule has 0 N–H and O–H groups in total. The van der Waals surface area contributed by atoms with Crippen LogP contribution in [0.15, 0.2) is 115 Å². The molecular weight excluding hydrogens is 525 g/mol. The van der Waals surface area contributed by atoms with Gasteiger partial charge < -0.3 is 14.0 Å². The van der Waals surface area contributed by atoms with Crippen molar-refractivity contribution in [3.8, 4) is 39.8 Å². The molecule has 0 saturated carbocycles. The SMILES string of the molecule is Cc1ccc2c(c1)c1ccccc1n2-c1ccccc1-c1cc2c3c(c1)Oc1c(C)cccc1B3c1cccc(C)c1O2. The van der Waals surface area contributed by atoms with Gasteiger partial charge in [0.2, 0.25) is 0 Å². The summed E-state index contributed by atoms with van der Waals surface area (Å²) in [4.78, 5) is 0. The second-order valence-corrected chi connectivity index (χ2v) is 11.9. The van der Waals surface area contributed by atoms with Crippen molar-refractivity contribution in [2.75, 3.05) is 0 Å². The van der Waals surface area contributed by atoms with Crippen molar-refractivity contribution < 1.29 is 9.47 Å². The van der Waals surface area contributed by atoms with Crippen molar-refractivity contribution in [1.29, 1.82) is 0 Å². The summed E-state index contributed by atoms with van der Waals surface area (Å²) in [7, 11) is 0. The summed E-state index contributed by atoms with van der Waals surface area (Å²) in [6, 6.07) is 41.4. The summed E-state index contributed by atoms with van der Waals surface area (Å²) in [6.45, 7) is 6.47. The van der Waals surface area contributed by atoms with Crippen LogP contribution >= 0.6 is 0 Å². The van der Waals surface area contributed by atoms with Crippen molar-refractivity contribution in [3.05, 3.63) is 132 Å². The van der Waals surface area contributed by atoms with Crippen molar-refractivity contribution >= 4 is 44.9 Å². The Hall–Kier alpha value is -5.22. The molecule has 204 valence electrons. The predicted molar refractivity (Wildman–Crippen MR) is 178 cm³/mol. The number of nitrogens with zero attached hydrogens (tertiary/aromatic N) is 1. The highest BCUT2D eigenvalue weighted by atomic mass is 16.5. The second kappa shape index (κ2) is 8.89. The lowest BCUT2D eigenvalue weighted by molar-refractivity contribution is 0.461. The van der Waals surface area contributed by atoms with E-state index in [4.69, 9.17) is 9.47 Å². The minimum absolute atomic E-state index is 0.0576. The van der Waals surface area contributed by atoms with Gasteiger partial charge in [-0.05, 0) is 84.8 Å². The number of benzene rings is 6. The molecule has 43 heavy (non-hydrogen) atoms. The molecule has 2 aliphatic rings. The average Bonchev–Trinajstić information content (AvgIpc) is 3.35. The maximum absolute atomic E-state index is 6.76. The lowest BCUT2D eigenvalue weighted by Gasteiger charge is -2.34. The van der Waals surface area contributed by atoms with E-state index in [1.54, 1.807) is 0 Å². The van der Waals surface area contributed by atoms with E-state index >= 15 is 0 Å². The summed E-state index contributed by atoms with van der Waals surface area (Å²) in [5, 5.41) is 2.52. The van der Waals surface area contributed by atoms with Crippen LogP contribution in [0.4, 0.5) is 0 Å². The van der Waals surface area contributed by atoms with Crippen LogP contribution in [-0.2, 0) is 0 Å². The molecule has 0 aliphatic carbocycles. The molecule has 0 saturated heterocycles. The van der Waals surface area contributed by atoms with E-state index in [2.05, 4.69) is 141 Å². The fraction of sp³-hybridized carbons (Fsp3) is 0.0769. The lowest BCUT2D eigenvalue weighted by Crippen LogP contribution is -2.57. The van der Waals surface area contributed by atoms with E-state index in [-0.39, 0.29) is 6.71 Å². The van der Waals surface area contributed by atoms with Gasteiger partial charge >= 0.3 is 0 Å². The summed E-state index contributed by atoms with van der Waals surface area (Å²) < 4.78 is 15.9. The van der Waals surface area contributed by atoms with Crippen LogP contribution in [0, 0.1) is 20.8 Å². The first-order valence-electron chi connectivity index (χ1n) is 14.9. The fourth-order valence-corrected chi connectivity index (χ4v) is 7.25. The quantitative estimate of drug-likeness (QED) is 0.202. The molecule has 0 bridgehead atoms. The Morgan fingerprint density at radius 2 is 1.19 bits per heavy atom. The normalized spacial score (nSPS) is 12.9. The van der Waals surface area contributed by atoms with Crippen LogP contribution in [-0.4, -0.2) is 11.3 Å². The van der Waals surface area contributed by atoms with E-state index in [0.717, 1.165) is 56.4 Å². The van der Waals surface area contributed by atoms with Crippen LogP contribution in [0.25, 0.3) is 38.6 Å². The summed E-state index contributed by atoms with van der Waals surface area (Å²) in [5.41, 5.74) is 12.7. The van der Waals surface area contributed by atoms with Gasteiger partial charge in [-0.2, -0.15) is 0 Å². The molecule has 0 atom stereocenters. The van der Waals surface area contributed by atoms with Crippen LogP contribution in [0.3, 0.4) is 0 Å². The molecule has 0 unspecified atom stereocenters. The van der Waals surface area contributed by atoms with Gasteiger partial charge in [0.1, 0.15) is 23.0 Å². The highest BCUT2D eigenvalue weighted by Crippen LogP contribution is 2.42. The third-order valence-electron chi connectivity index (χ3n) is 9.21. The molecule has 7 aromatic rings. The molecule has 0 spiro atoms. The fourth-order valence-electron chi connectivity index (χ4n) is 7.25. The molecule has 2 aliphatic heterocycles. The Morgan fingerprint density at radius 3 is 1.91 bits per heavy atom. The number of hydrogen-bond acceptors (Lipinski definition) is 2. The van der Waals surface area contributed by atoms with E-state index in [0.29, 0.717) is 0 Å². The van der Waals surface area contributed by atoms with Gasteiger partial charge in [0.25, 0.3) is 6.71 Å². The Labute approximate surface area is 251 Å². The molecule has 9 rings (SSSR count). The second-order valence-electron chi connectivity index (χ2n) is 11.9. The Kier molecular flexibility index (Phi) is 5.04. The maximum atomic E-state index is 6.76. The van der Waals surface area contributed by atoms with Crippen LogP contribution in [0.2, 0.25) is 0 Å². The number of ether oxygens (including phenoxy) is 2. The monoisotopic (exact) mass is 553 g/mol. The molecule has 3 heterocycles. The van der Waals surface area contributed by atoms with Crippen LogP contribution in [0.5, 0.6) is 23.0 Å². The average molecular weight is 553 g/mol. The van der Waals surface area contributed by atoms with E-state index < -0.39 is 0 Å². The standard InChI is InChI=1S/C39H28BNO2/c1-23-18-19-34-29(20-23)28-13-5-7-17-33(28)41(34)32-16-6-4-12-27(32)26-21-35-37-36(22-26)43-39-25(3)11-9-15-31(39)40(37)30-14-8-10-24(2)38(30)42-35/h4-22H,1-3H3. The van der Waals surface area contributed by atoms with Crippen LogP contribution in [0.1, 0.15) is 16.7 Å². The topological polar surface area (TPSA) is 23.4 Å². The number of fused-ring (bicyclic) bond motifs is 7. The first-order chi connectivity index (χ1) is 21.1. The molecule has 0 amide bonds. The molecule has 0 fully saturated rings. The van der Waals surface area contributed by atoms with Gasteiger partial charge in [0.05, 0.1) is 16.7 Å². The van der Waals surface area contributed by atoms with Gasteiger partial charge in [-0.25, -0.2) is 0 Å². The zero-order chi connectivity index (χ0) is 28.8. The zero-order valence-corrected chi connectivity index (χ0v) is 24.3. The number of hydrogen-bond donors (Lipinski definition) is 0. The molecular formula is C39H28BNO2. The number of rotatable bonds is 2. The lowest BCUT2D eigenvalue weighted by atomic mass is 9.34. The molecule has 6 aromatic carbocycles. The van der Waals surface area contributed by atoms with Crippen molar-refractivity contribution in [2.45, 2.75) is 20.8 Å². The third-order valence-corrected chi connectivity index (χ3v) is 9.21. The highest BCUT2D eigenvalue weighted by Gasteiger charge is 2.41. The van der Waals surface area contributed by atoms with Crippen molar-refractivity contribution in [1.82, 2.24) is 4.57 Å². The first-order valence-corrected chi connectivity index (χ1v) is 14.9. The molecule has 1 aromatic heterocycles. The number of aryl methyl sites for hydroxylation is 3. The van der Waals surface area contributed by atoms with Crippen LogP contribution < -0.4 is 25.9 Å². The number of para-hydroxylation sites is 4. The maximum Gasteiger partial charge on any atom is 0.260 e. The predicted octanol–water partition coefficient (Wildman–Crippen LogP) is 8.10. The zero-order valence-electron chi connectivity index (χ0n) is 24.3. The molecule has 0 radical (unpaired) electrons. The van der Waals surface area contributed by atoms with Gasteiger partial charge in [0, 0.05) is 21.8 Å². The van der Waals surface area contributed by atoms with E-state index in [1.807, 2.05) is 0 Å². The Bertz CT molecular complexity index is 2220. The molecule has 4 heteroatoms. The Morgan fingerprint density at radius 1 is 0.558 bits per heavy atom. The van der Waals surface area contributed by atoms with Gasteiger partial charge in [-0.15, -0.1) is 0 Å². The first kappa shape index (κ1) is 24.4. The Balaban J connectivity index is 1.31. The summed E-state index contributed by atoms with van der Waals surface area (Å²) in [6.07, 6.45) is 0. The van der Waals surface area contributed by atoms with E-state index in [1.165, 1.54) is 38.3 Å². The number of aromatic nitrogens is 1. The smallest absolute Gasteiger partial charge is 0.260 e.